The number of aromatic nitrogens is 4. The van der Waals surface area contributed by atoms with E-state index in [1.807, 2.05) is 74.5 Å². The van der Waals surface area contributed by atoms with E-state index >= 15 is 0 Å². The van der Waals surface area contributed by atoms with Gasteiger partial charge < -0.3 is 4.74 Å². The van der Waals surface area contributed by atoms with Crippen molar-refractivity contribution in [1.29, 1.82) is 0 Å². The number of hydrogen-bond donors (Lipinski definition) is 4. The number of halogens is 2. The zero-order chi connectivity index (χ0) is 32.5. The minimum absolute atomic E-state index is 0.00370. The maximum atomic E-state index is 13.7. The molecule has 0 aliphatic heterocycles. The average Bonchev–Trinajstić information content (AvgIpc) is 3.60. The first-order valence-electron chi connectivity index (χ1n) is 14.2. The van der Waals surface area contributed by atoms with Crippen molar-refractivity contribution >= 4 is 37.5 Å². The van der Waals surface area contributed by atoms with Crippen molar-refractivity contribution < 1.29 is 9.66 Å². The van der Waals surface area contributed by atoms with Gasteiger partial charge in [0.05, 0.1) is 36.4 Å². The smallest absolute Gasteiger partial charge is 0.269 e. The highest BCUT2D eigenvalue weighted by Gasteiger charge is 2.32. The third-order valence-electron chi connectivity index (χ3n) is 7.77. The number of aromatic amines is 4. The summed E-state index contributed by atoms with van der Waals surface area (Å²) in [7, 11) is 0. The largest absolute Gasteiger partial charge is 0.487 e. The number of aryl methyl sites for hydroxylation is 2. The lowest BCUT2D eigenvalue weighted by Gasteiger charge is -2.20. The summed E-state index contributed by atoms with van der Waals surface area (Å²) in [5, 5.41) is 22.6. The highest BCUT2D eigenvalue weighted by Crippen LogP contribution is 2.43. The number of rotatable bonds is 9. The molecule has 46 heavy (non-hydrogen) atoms. The molecule has 0 aliphatic rings. The van der Waals surface area contributed by atoms with Crippen LogP contribution in [0.15, 0.2) is 103 Å². The molecule has 0 bridgehead atoms. The highest BCUT2D eigenvalue weighted by atomic mass is 79.9. The minimum atomic E-state index is -0.811. The van der Waals surface area contributed by atoms with Gasteiger partial charge in [0.25, 0.3) is 16.8 Å². The van der Waals surface area contributed by atoms with Crippen molar-refractivity contribution in [1.82, 2.24) is 20.4 Å². The third-order valence-corrected chi connectivity index (χ3v) is 8.95. The molecule has 0 amide bonds. The molecule has 232 valence electrons. The van der Waals surface area contributed by atoms with Gasteiger partial charge in [-0.1, -0.05) is 59.7 Å². The first-order valence-corrected chi connectivity index (χ1v) is 15.8. The third kappa shape index (κ3) is 6.13. The maximum absolute atomic E-state index is 13.7. The Labute approximate surface area is 279 Å². The fraction of sp³-hybridized carbons (Fsp3) is 0.118. The van der Waals surface area contributed by atoms with Crippen LogP contribution < -0.4 is 15.9 Å². The van der Waals surface area contributed by atoms with Crippen LogP contribution in [0.4, 0.5) is 5.69 Å². The molecular formula is C34H27Br2N5O5. The number of hydrogen-bond acceptors (Lipinski definition) is 5. The van der Waals surface area contributed by atoms with Crippen LogP contribution in [0.2, 0.25) is 0 Å². The number of nitrogens with zero attached hydrogens (tertiary/aromatic N) is 1. The number of nitrogens with one attached hydrogen (secondary N) is 4. The Morgan fingerprint density at radius 3 is 1.61 bits per heavy atom. The summed E-state index contributed by atoms with van der Waals surface area (Å²) in [6.07, 6.45) is 0. The lowest BCUT2D eigenvalue weighted by Crippen LogP contribution is -2.20. The van der Waals surface area contributed by atoms with Crippen LogP contribution in [0.3, 0.4) is 0 Å². The van der Waals surface area contributed by atoms with Crippen molar-refractivity contribution in [2.24, 2.45) is 0 Å². The van der Waals surface area contributed by atoms with E-state index in [-0.39, 0.29) is 23.4 Å². The van der Waals surface area contributed by atoms with Crippen LogP contribution in [0, 0.1) is 24.0 Å². The Kier molecular flexibility index (Phi) is 8.65. The van der Waals surface area contributed by atoms with Crippen molar-refractivity contribution in [2.45, 2.75) is 26.4 Å². The Hall–Kier alpha value is -4.94. The summed E-state index contributed by atoms with van der Waals surface area (Å²) in [5.41, 5.74) is 6.27. The van der Waals surface area contributed by atoms with Gasteiger partial charge in [0.2, 0.25) is 0 Å². The molecule has 0 spiro atoms. The van der Waals surface area contributed by atoms with E-state index < -0.39 is 10.8 Å². The number of ether oxygens (including phenoxy) is 1. The normalized spacial score (nSPS) is 11.2. The molecule has 0 saturated carbocycles. The van der Waals surface area contributed by atoms with Crippen molar-refractivity contribution in [3.05, 3.63) is 158 Å². The molecule has 0 fully saturated rings. The molecule has 2 heterocycles. The predicted molar refractivity (Wildman–Crippen MR) is 183 cm³/mol. The molecule has 0 saturated heterocycles. The van der Waals surface area contributed by atoms with Crippen LogP contribution in [-0.2, 0) is 6.61 Å². The second-order valence-corrected chi connectivity index (χ2v) is 12.6. The van der Waals surface area contributed by atoms with Crippen molar-refractivity contribution in [2.75, 3.05) is 0 Å². The standard InChI is InChI=1S/C34H27Br2N5O5/c1-18-3-9-21(10-4-18)30-28(33(42)39-37-30)27(29-31(38-40-34(29)43)22-11-5-19(2)6-12-22)23-15-25(35)32(26(36)16-23)46-17-20-7-13-24(14-8-20)41(44)45/h3-16,27H,17H2,1-2H3,(H2,37,39,42)(H2,38,40,43). The summed E-state index contributed by atoms with van der Waals surface area (Å²) in [6, 6.07) is 25.4. The molecular weight excluding hydrogens is 718 g/mol. The van der Waals surface area contributed by atoms with Crippen LogP contribution >= 0.6 is 31.9 Å². The van der Waals surface area contributed by atoms with E-state index in [9.17, 15) is 19.7 Å². The Balaban J connectivity index is 1.49. The molecule has 4 aromatic carbocycles. The molecule has 0 atom stereocenters. The quantitative estimate of drug-likeness (QED) is 0.0878. The molecule has 4 N–H and O–H groups in total. The van der Waals surface area contributed by atoms with Gasteiger partial charge in [-0.05, 0) is 92.2 Å². The Morgan fingerprint density at radius 2 is 1.17 bits per heavy atom. The molecule has 12 heteroatoms. The lowest BCUT2D eigenvalue weighted by molar-refractivity contribution is -0.384. The summed E-state index contributed by atoms with van der Waals surface area (Å²) in [5.74, 6) is -0.321. The fourth-order valence-electron chi connectivity index (χ4n) is 5.41. The summed E-state index contributed by atoms with van der Waals surface area (Å²) in [6.45, 7) is 4.13. The van der Waals surface area contributed by atoms with E-state index in [0.717, 1.165) is 27.8 Å². The number of nitro groups is 1. The van der Waals surface area contributed by atoms with Crippen molar-refractivity contribution in [3.8, 4) is 28.3 Å². The first-order chi connectivity index (χ1) is 22.1. The minimum Gasteiger partial charge on any atom is -0.487 e. The van der Waals surface area contributed by atoms with Crippen LogP contribution in [0.25, 0.3) is 22.5 Å². The zero-order valence-corrected chi connectivity index (χ0v) is 27.8. The molecule has 10 nitrogen and oxygen atoms in total. The van der Waals surface area contributed by atoms with Gasteiger partial charge in [-0.25, -0.2) is 0 Å². The van der Waals surface area contributed by atoms with E-state index in [2.05, 4.69) is 52.3 Å². The topological polar surface area (TPSA) is 150 Å². The van der Waals surface area contributed by atoms with E-state index in [0.29, 0.717) is 42.8 Å². The molecule has 6 aromatic rings. The maximum Gasteiger partial charge on any atom is 0.269 e. The predicted octanol–water partition coefficient (Wildman–Crippen LogP) is 7.86. The summed E-state index contributed by atoms with van der Waals surface area (Å²) >= 11 is 7.29. The number of H-pyrrole nitrogens is 4. The van der Waals surface area contributed by atoms with Crippen molar-refractivity contribution in [3.63, 3.8) is 0 Å². The lowest BCUT2D eigenvalue weighted by atomic mass is 9.83. The second kappa shape index (κ2) is 12.8. The van der Waals surface area contributed by atoms with Gasteiger partial charge in [-0.15, -0.1) is 0 Å². The number of benzene rings is 4. The zero-order valence-electron chi connectivity index (χ0n) is 24.6. The van der Waals surface area contributed by atoms with Crippen LogP contribution in [0.5, 0.6) is 5.75 Å². The molecule has 0 radical (unpaired) electrons. The highest BCUT2D eigenvalue weighted by molar-refractivity contribution is 9.11. The second-order valence-electron chi connectivity index (χ2n) is 10.9. The average molecular weight is 745 g/mol. The van der Waals surface area contributed by atoms with Gasteiger partial charge in [-0.2, -0.15) is 0 Å². The molecule has 6 rings (SSSR count). The van der Waals surface area contributed by atoms with Crippen LogP contribution in [0.1, 0.15) is 39.3 Å². The molecule has 0 aliphatic carbocycles. The first kappa shape index (κ1) is 31.1. The van der Waals surface area contributed by atoms with E-state index in [1.54, 1.807) is 12.1 Å². The Bertz CT molecular complexity index is 2040. The molecule has 0 unspecified atom stereocenters. The molecule has 2 aromatic heterocycles. The van der Waals surface area contributed by atoms with E-state index in [1.165, 1.54) is 12.1 Å². The fourth-order valence-corrected chi connectivity index (χ4v) is 6.86. The van der Waals surface area contributed by atoms with Gasteiger partial charge >= 0.3 is 0 Å². The van der Waals surface area contributed by atoms with Gasteiger partial charge in [0.15, 0.2) is 0 Å². The SMILES string of the molecule is Cc1ccc(-c2[nH][nH]c(=O)c2C(c2cc(Br)c(OCc3ccc([N+](=O)[O-])cc3)c(Br)c2)c2c(-c3ccc(C)cc3)[nH][nH]c2=O)cc1. The van der Waals surface area contributed by atoms with Gasteiger partial charge in [0, 0.05) is 18.1 Å². The van der Waals surface area contributed by atoms with Gasteiger partial charge in [0.1, 0.15) is 12.4 Å². The van der Waals surface area contributed by atoms with Crippen LogP contribution in [-0.4, -0.2) is 25.3 Å². The number of non-ortho nitro benzene ring substituents is 1. The number of nitro benzene ring substituents is 1. The van der Waals surface area contributed by atoms with Gasteiger partial charge in [-0.3, -0.25) is 40.1 Å². The van der Waals surface area contributed by atoms with E-state index in [4.69, 9.17) is 4.74 Å². The summed E-state index contributed by atoms with van der Waals surface area (Å²) in [4.78, 5) is 37.9. The monoisotopic (exact) mass is 743 g/mol. The summed E-state index contributed by atoms with van der Waals surface area (Å²) < 4.78 is 7.27. The Morgan fingerprint density at radius 1 is 0.717 bits per heavy atom.